The molecule has 1 aliphatic rings. The molecular weight excluding hydrogens is 392 g/mol. The smallest absolute Gasteiger partial charge is 0.339 e. The van der Waals surface area contributed by atoms with Gasteiger partial charge in [-0.3, -0.25) is 14.4 Å². The minimum atomic E-state index is -1.69. The number of carbonyl (C=O) groups is 4. The summed E-state index contributed by atoms with van der Waals surface area (Å²) in [5, 5.41) is -1.01. The van der Waals surface area contributed by atoms with Crippen LogP contribution in [0.2, 0.25) is 0 Å². The molecule has 0 amide bonds. The zero-order valence-electron chi connectivity index (χ0n) is 13.9. The Morgan fingerprint density at radius 3 is 1.88 bits per heavy atom. The van der Waals surface area contributed by atoms with E-state index in [0.29, 0.717) is 0 Å². The second-order valence-corrected chi connectivity index (χ2v) is 6.17. The molecule has 136 valence electrons. The predicted octanol–water partition coefficient (Wildman–Crippen LogP) is 0.464. The molecule has 9 nitrogen and oxygen atoms in total. The normalized spacial score (nSPS) is 32.4. The summed E-state index contributed by atoms with van der Waals surface area (Å²) in [5.41, 5.74) is -1.69. The van der Waals surface area contributed by atoms with Gasteiger partial charge in [0.2, 0.25) is 0 Å². The van der Waals surface area contributed by atoms with Gasteiger partial charge in [-0.2, -0.15) is 0 Å². The molecule has 0 bridgehead atoms. The van der Waals surface area contributed by atoms with Crippen LogP contribution in [0.15, 0.2) is 0 Å². The summed E-state index contributed by atoms with van der Waals surface area (Å²) < 4.78 is 25.7. The number of hydrogen-bond donors (Lipinski definition) is 0. The maximum atomic E-state index is 12.0. The Morgan fingerprint density at radius 2 is 1.46 bits per heavy atom. The molecule has 1 rings (SSSR count). The summed E-state index contributed by atoms with van der Waals surface area (Å²) in [6, 6.07) is 0. The van der Waals surface area contributed by atoms with E-state index in [9.17, 15) is 19.2 Å². The van der Waals surface area contributed by atoms with Crippen molar-refractivity contribution in [1.82, 2.24) is 0 Å². The van der Waals surface area contributed by atoms with E-state index in [4.69, 9.17) is 18.9 Å². The van der Waals surface area contributed by atoms with Crippen molar-refractivity contribution in [1.29, 1.82) is 0 Å². The minimum absolute atomic E-state index is 0.676. The van der Waals surface area contributed by atoms with Crippen LogP contribution in [0.25, 0.3) is 0 Å². The lowest BCUT2D eigenvalue weighted by atomic mass is 9.85. The first kappa shape index (κ1) is 20.4. The maximum Gasteiger partial charge on any atom is 0.339 e. The van der Waals surface area contributed by atoms with Gasteiger partial charge in [0.25, 0.3) is 0 Å². The maximum absolute atomic E-state index is 12.0. The van der Waals surface area contributed by atoms with Crippen LogP contribution in [-0.4, -0.2) is 59.9 Å². The van der Waals surface area contributed by atoms with Gasteiger partial charge in [0.05, 0.1) is 7.11 Å². The second-order valence-electron chi connectivity index (χ2n) is 5.27. The first-order valence-electron chi connectivity index (χ1n) is 6.94. The van der Waals surface area contributed by atoms with Gasteiger partial charge in [-0.1, -0.05) is 15.9 Å². The largest absolute Gasteiger partial charge is 0.467 e. The molecule has 24 heavy (non-hydrogen) atoms. The van der Waals surface area contributed by atoms with E-state index >= 15 is 0 Å². The average Bonchev–Trinajstić information content (AvgIpc) is 2.44. The Balaban J connectivity index is 3.40. The zero-order valence-corrected chi connectivity index (χ0v) is 15.4. The molecule has 0 unspecified atom stereocenters. The van der Waals surface area contributed by atoms with Gasteiger partial charge in [-0.05, 0) is 6.92 Å². The van der Waals surface area contributed by atoms with Crippen molar-refractivity contribution in [2.75, 3.05) is 7.11 Å². The predicted molar refractivity (Wildman–Crippen MR) is 80.9 cm³/mol. The average molecular weight is 411 g/mol. The lowest BCUT2D eigenvalue weighted by Gasteiger charge is -2.48. The van der Waals surface area contributed by atoms with Gasteiger partial charge in [-0.25, -0.2) is 4.79 Å². The van der Waals surface area contributed by atoms with Crippen molar-refractivity contribution in [3.8, 4) is 0 Å². The van der Waals surface area contributed by atoms with Crippen molar-refractivity contribution < 1.29 is 42.9 Å². The molecule has 0 aliphatic carbocycles. The Bertz CT molecular complexity index is 534. The van der Waals surface area contributed by atoms with Gasteiger partial charge >= 0.3 is 23.9 Å². The third-order valence-electron chi connectivity index (χ3n) is 3.30. The fourth-order valence-corrected chi connectivity index (χ4v) is 3.30. The zero-order chi connectivity index (χ0) is 18.7. The number of carbonyl (C=O) groups excluding carboxylic acids is 4. The Morgan fingerprint density at radius 1 is 0.958 bits per heavy atom. The van der Waals surface area contributed by atoms with E-state index < -0.39 is 52.8 Å². The lowest BCUT2D eigenvalue weighted by Crippen LogP contribution is -2.68. The number of hydrogen-bond acceptors (Lipinski definition) is 9. The van der Waals surface area contributed by atoms with E-state index in [1.54, 1.807) is 0 Å². The fourth-order valence-electron chi connectivity index (χ4n) is 2.43. The number of rotatable bonds is 4. The highest BCUT2D eigenvalue weighted by atomic mass is 79.9. The quantitative estimate of drug-likeness (QED) is 0.370. The minimum Gasteiger partial charge on any atom is -0.467 e. The Labute approximate surface area is 147 Å². The van der Waals surface area contributed by atoms with E-state index in [2.05, 4.69) is 20.7 Å². The first-order chi connectivity index (χ1) is 11.0. The molecule has 0 N–H and O–H groups in total. The monoisotopic (exact) mass is 410 g/mol. The van der Waals surface area contributed by atoms with Gasteiger partial charge in [0, 0.05) is 20.8 Å². The van der Waals surface area contributed by atoms with E-state index in [0.717, 1.165) is 27.9 Å². The fraction of sp³-hybridized carbons (Fsp3) is 0.714. The molecule has 1 aliphatic heterocycles. The molecule has 0 aromatic heterocycles. The van der Waals surface area contributed by atoms with Crippen molar-refractivity contribution in [3.05, 3.63) is 0 Å². The van der Waals surface area contributed by atoms with Crippen LogP contribution in [0.3, 0.4) is 0 Å². The number of esters is 4. The molecular formula is C14H19BrO9. The summed E-state index contributed by atoms with van der Waals surface area (Å²) in [7, 11) is 1.13. The van der Waals surface area contributed by atoms with Crippen molar-refractivity contribution in [2.24, 2.45) is 0 Å². The van der Waals surface area contributed by atoms with Crippen molar-refractivity contribution >= 4 is 39.8 Å². The highest BCUT2D eigenvalue weighted by Crippen LogP contribution is 2.39. The summed E-state index contributed by atoms with van der Waals surface area (Å²) in [4.78, 5) is 46.4. The van der Waals surface area contributed by atoms with Crippen LogP contribution < -0.4 is 0 Å². The summed E-state index contributed by atoms with van der Waals surface area (Å²) >= 11 is 3.14. The molecule has 10 heteroatoms. The number of methoxy groups -OCH3 is 1. The number of halogens is 1. The molecule has 1 fully saturated rings. The van der Waals surface area contributed by atoms with Crippen LogP contribution >= 0.6 is 15.9 Å². The molecule has 0 radical (unpaired) electrons. The van der Waals surface area contributed by atoms with Gasteiger partial charge in [-0.15, -0.1) is 0 Å². The summed E-state index contributed by atoms with van der Waals surface area (Å²) in [6.07, 6.45) is -3.95. The van der Waals surface area contributed by atoms with Crippen molar-refractivity contribution in [2.45, 2.75) is 56.6 Å². The van der Waals surface area contributed by atoms with Crippen LogP contribution in [0.1, 0.15) is 27.7 Å². The molecule has 0 saturated carbocycles. The molecule has 1 heterocycles. The highest BCUT2D eigenvalue weighted by molar-refractivity contribution is 9.09. The van der Waals surface area contributed by atoms with Gasteiger partial charge in [0.15, 0.2) is 28.9 Å². The summed E-state index contributed by atoms with van der Waals surface area (Å²) in [6.45, 7) is 4.78. The molecule has 0 spiro atoms. The summed E-state index contributed by atoms with van der Waals surface area (Å²) in [5.74, 6) is -2.99. The van der Waals surface area contributed by atoms with Crippen LogP contribution in [0, 0.1) is 0 Å². The Kier molecular flexibility index (Phi) is 6.73. The third kappa shape index (κ3) is 4.44. The topological polar surface area (TPSA) is 114 Å². The standard InChI is InChI=1S/C14H19BrO9/c1-6(16)21-10-9(13(19)20-5)23-12(15)11(22-7(2)17)14(10,4)24-8(3)18/h9-12H,1-5H3/t9-,10-,11+,12+,14+/m1/s1. The first-order valence-corrected chi connectivity index (χ1v) is 7.85. The molecule has 0 aromatic rings. The molecule has 0 aromatic carbocycles. The lowest BCUT2D eigenvalue weighted by molar-refractivity contribution is -0.264. The molecule has 5 atom stereocenters. The third-order valence-corrected chi connectivity index (χ3v) is 4.00. The Hall–Kier alpha value is -1.68. The SMILES string of the molecule is COC(=O)[C@@H]1O[C@H](Br)[C@H](OC(C)=O)[C@@](C)(OC(C)=O)[C@@H]1OC(C)=O. The van der Waals surface area contributed by atoms with Crippen molar-refractivity contribution in [3.63, 3.8) is 0 Å². The van der Waals surface area contributed by atoms with E-state index in [1.807, 2.05) is 0 Å². The van der Waals surface area contributed by atoms with Gasteiger partial charge in [0.1, 0.15) is 0 Å². The number of ether oxygens (including phenoxy) is 5. The molecule has 1 saturated heterocycles. The van der Waals surface area contributed by atoms with Crippen LogP contribution in [0.4, 0.5) is 0 Å². The second kappa shape index (κ2) is 7.93. The highest BCUT2D eigenvalue weighted by Gasteiger charge is 2.61. The number of alkyl halides is 1. The van der Waals surface area contributed by atoms with Crippen LogP contribution in [-0.2, 0) is 42.9 Å². The van der Waals surface area contributed by atoms with E-state index in [1.165, 1.54) is 6.92 Å². The van der Waals surface area contributed by atoms with Gasteiger partial charge < -0.3 is 23.7 Å². The van der Waals surface area contributed by atoms with Crippen LogP contribution in [0.5, 0.6) is 0 Å². The van der Waals surface area contributed by atoms with E-state index in [-0.39, 0.29) is 0 Å².